The normalized spacial score (nSPS) is 10.5. The maximum atomic E-state index is 13.4. The van der Waals surface area contributed by atoms with E-state index in [0.29, 0.717) is 11.3 Å². The van der Waals surface area contributed by atoms with Gasteiger partial charge in [-0.15, -0.1) is 11.3 Å². The molecule has 0 amide bonds. The molecule has 3 nitrogen and oxygen atoms in total. The van der Waals surface area contributed by atoms with Crippen LogP contribution in [0, 0.1) is 5.82 Å². The zero-order valence-electron chi connectivity index (χ0n) is 10.8. The van der Waals surface area contributed by atoms with Crippen LogP contribution in [0.5, 0.6) is 0 Å². The molecular weight excluding hydrogens is 289 g/mol. The Hall–Kier alpha value is -2.53. The van der Waals surface area contributed by atoms with E-state index in [0.717, 1.165) is 16.6 Å². The van der Waals surface area contributed by atoms with E-state index in [9.17, 15) is 9.18 Å². The van der Waals surface area contributed by atoms with Crippen molar-refractivity contribution >= 4 is 17.3 Å². The van der Waals surface area contributed by atoms with Crippen molar-refractivity contribution in [2.24, 2.45) is 0 Å². The van der Waals surface area contributed by atoms with Gasteiger partial charge in [-0.25, -0.2) is 14.2 Å². The molecule has 0 radical (unpaired) electrons. The fraction of sp³-hybridized carbons (Fsp3) is 0. The quantitative estimate of drug-likeness (QED) is 0.783. The van der Waals surface area contributed by atoms with Gasteiger partial charge < -0.3 is 5.11 Å². The molecule has 0 spiro atoms. The molecule has 1 aromatic heterocycles. The van der Waals surface area contributed by atoms with Gasteiger partial charge in [-0.05, 0) is 18.2 Å². The Balaban J connectivity index is 2.01. The summed E-state index contributed by atoms with van der Waals surface area (Å²) in [7, 11) is 0. The number of carboxylic acids is 1. The average molecular weight is 299 g/mol. The SMILES string of the molecule is O=C(O)c1cc(-c2csc(-c3ccccc3)n2)ccc1F. The molecule has 1 heterocycles. The lowest BCUT2D eigenvalue weighted by atomic mass is 10.1. The fourth-order valence-electron chi connectivity index (χ4n) is 1.97. The lowest BCUT2D eigenvalue weighted by Crippen LogP contribution is -2.00. The summed E-state index contributed by atoms with van der Waals surface area (Å²) in [5.41, 5.74) is 1.88. The van der Waals surface area contributed by atoms with E-state index < -0.39 is 11.8 Å². The molecular formula is C16H10FNO2S. The molecule has 3 rings (SSSR count). The molecule has 3 aromatic rings. The maximum absolute atomic E-state index is 13.4. The first-order valence-electron chi connectivity index (χ1n) is 6.19. The van der Waals surface area contributed by atoms with Crippen molar-refractivity contribution in [1.82, 2.24) is 4.98 Å². The smallest absolute Gasteiger partial charge is 0.338 e. The van der Waals surface area contributed by atoms with E-state index in [1.165, 1.54) is 23.5 Å². The van der Waals surface area contributed by atoms with Gasteiger partial charge in [0, 0.05) is 16.5 Å². The number of carboxylic acid groups (broad SMARTS) is 1. The second-order valence-corrected chi connectivity index (χ2v) is 5.26. The van der Waals surface area contributed by atoms with Gasteiger partial charge in [0.1, 0.15) is 10.8 Å². The van der Waals surface area contributed by atoms with Crippen LogP contribution in [0.25, 0.3) is 21.8 Å². The van der Waals surface area contributed by atoms with Gasteiger partial charge in [-0.3, -0.25) is 0 Å². The standard InChI is InChI=1S/C16H10FNO2S/c17-13-7-6-11(8-12(13)16(19)20)14-9-21-15(18-14)10-4-2-1-3-5-10/h1-9H,(H,19,20). The van der Waals surface area contributed by atoms with Crippen LogP contribution >= 0.6 is 11.3 Å². The minimum absolute atomic E-state index is 0.346. The number of carbonyl (C=O) groups is 1. The molecule has 0 unspecified atom stereocenters. The summed E-state index contributed by atoms with van der Waals surface area (Å²) in [5.74, 6) is -2.03. The topological polar surface area (TPSA) is 50.2 Å². The largest absolute Gasteiger partial charge is 0.478 e. The molecule has 0 aliphatic heterocycles. The molecule has 104 valence electrons. The number of benzene rings is 2. The third-order valence-corrected chi connectivity index (χ3v) is 3.91. The molecule has 0 atom stereocenters. The van der Waals surface area contributed by atoms with E-state index >= 15 is 0 Å². The molecule has 0 saturated carbocycles. The van der Waals surface area contributed by atoms with Crippen molar-refractivity contribution in [1.29, 1.82) is 0 Å². The summed E-state index contributed by atoms with van der Waals surface area (Å²) in [6.07, 6.45) is 0. The van der Waals surface area contributed by atoms with Gasteiger partial charge >= 0.3 is 5.97 Å². The first-order valence-corrected chi connectivity index (χ1v) is 7.07. The number of rotatable bonds is 3. The second-order valence-electron chi connectivity index (χ2n) is 4.40. The Morgan fingerprint density at radius 2 is 1.86 bits per heavy atom. The van der Waals surface area contributed by atoms with E-state index in [-0.39, 0.29) is 5.56 Å². The van der Waals surface area contributed by atoms with Gasteiger partial charge in [0.05, 0.1) is 11.3 Å². The maximum Gasteiger partial charge on any atom is 0.338 e. The highest BCUT2D eigenvalue weighted by Gasteiger charge is 2.13. The van der Waals surface area contributed by atoms with Crippen molar-refractivity contribution < 1.29 is 14.3 Å². The second kappa shape index (κ2) is 5.46. The van der Waals surface area contributed by atoms with E-state index in [2.05, 4.69) is 4.98 Å². The summed E-state index contributed by atoms with van der Waals surface area (Å²) < 4.78 is 13.4. The summed E-state index contributed by atoms with van der Waals surface area (Å²) in [6, 6.07) is 13.7. The van der Waals surface area contributed by atoms with Crippen LogP contribution in [0.3, 0.4) is 0 Å². The van der Waals surface area contributed by atoms with Gasteiger partial charge in [-0.1, -0.05) is 30.3 Å². The van der Waals surface area contributed by atoms with Crippen molar-refractivity contribution in [3.8, 4) is 21.8 Å². The van der Waals surface area contributed by atoms with Crippen LogP contribution in [0.1, 0.15) is 10.4 Å². The van der Waals surface area contributed by atoms with Gasteiger partial charge in [0.15, 0.2) is 0 Å². The lowest BCUT2D eigenvalue weighted by Gasteiger charge is -2.01. The summed E-state index contributed by atoms with van der Waals surface area (Å²) in [5, 5.41) is 11.6. The highest BCUT2D eigenvalue weighted by Crippen LogP contribution is 2.29. The van der Waals surface area contributed by atoms with Crippen LogP contribution in [0.15, 0.2) is 53.9 Å². The van der Waals surface area contributed by atoms with Crippen molar-refractivity contribution in [3.05, 3.63) is 65.3 Å². The molecule has 2 aromatic carbocycles. The number of aromatic nitrogens is 1. The third kappa shape index (κ3) is 2.68. The Kier molecular flexibility index (Phi) is 3.50. The van der Waals surface area contributed by atoms with Gasteiger partial charge in [-0.2, -0.15) is 0 Å². The Bertz CT molecular complexity index is 799. The van der Waals surface area contributed by atoms with E-state index in [4.69, 9.17) is 5.11 Å². The Labute approximate surface area is 124 Å². The Morgan fingerprint density at radius 3 is 2.57 bits per heavy atom. The first-order chi connectivity index (χ1) is 10.1. The van der Waals surface area contributed by atoms with Crippen LogP contribution in [0.4, 0.5) is 4.39 Å². The molecule has 5 heteroatoms. The molecule has 1 N–H and O–H groups in total. The molecule has 0 fully saturated rings. The van der Waals surface area contributed by atoms with E-state index in [1.54, 1.807) is 0 Å². The molecule has 0 bridgehead atoms. The predicted octanol–water partition coefficient (Wildman–Crippen LogP) is 4.31. The molecule has 21 heavy (non-hydrogen) atoms. The van der Waals surface area contributed by atoms with Crippen LogP contribution in [-0.4, -0.2) is 16.1 Å². The van der Waals surface area contributed by atoms with Gasteiger partial charge in [0.2, 0.25) is 0 Å². The zero-order chi connectivity index (χ0) is 14.8. The number of thiazole rings is 1. The summed E-state index contributed by atoms with van der Waals surface area (Å²) >= 11 is 1.46. The highest BCUT2D eigenvalue weighted by atomic mass is 32.1. The third-order valence-electron chi connectivity index (χ3n) is 3.02. The molecule has 0 saturated heterocycles. The van der Waals surface area contributed by atoms with E-state index in [1.807, 2.05) is 35.7 Å². The van der Waals surface area contributed by atoms with Gasteiger partial charge in [0.25, 0.3) is 0 Å². The summed E-state index contributed by atoms with van der Waals surface area (Å²) in [4.78, 5) is 15.5. The summed E-state index contributed by atoms with van der Waals surface area (Å²) in [6.45, 7) is 0. The first kappa shape index (κ1) is 13.5. The number of hydrogen-bond donors (Lipinski definition) is 1. The fourth-order valence-corrected chi connectivity index (χ4v) is 2.80. The van der Waals surface area contributed by atoms with Crippen molar-refractivity contribution in [3.63, 3.8) is 0 Å². The monoisotopic (exact) mass is 299 g/mol. The van der Waals surface area contributed by atoms with Crippen LogP contribution < -0.4 is 0 Å². The van der Waals surface area contributed by atoms with Crippen LogP contribution in [-0.2, 0) is 0 Å². The highest BCUT2D eigenvalue weighted by molar-refractivity contribution is 7.13. The van der Waals surface area contributed by atoms with Crippen molar-refractivity contribution in [2.75, 3.05) is 0 Å². The van der Waals surface area contributed by atoms with Crippen LogP contribution in [0.2, 0.25) is 0 Å². The molecule has 0 aliphatic rings. The number of nitrogens with zero attached hydrogens (tertiary/aromatic N) is 1. The Morgan fingerprint density at radius 1 is 1.10 bits per heavy atom. The minimum Gasteiger partial charge on any atom is -0.478 e. The number of hydrogen-bond acceptors (Lipinski definition) is 3. The number of halogens is 1. The minimum atomic E-state index is -1.28. The number of aromatic carboxylic acids is 1. The lowest BCUT2D eigenvalue weighted by molar-refractivity contribution is 0.0692. The zero-order valence-corrected chi connectivity index (χ0v) is 11.6. The molecule has 0 aliphatic carbocycles. The predicted molar refractivity (Wildman–Crippen MR) is 79.9 cm³/mol. The van der Waals surface area contributed by atoms with Crippen molar-refractivity contribution in [2.45, 2.75) is 0 Å². The average Bonchev–Trinajstić information content (AvgIpc) is 2.98.